The van der Waals surface area contributed by atoms with Crippen LogP contribution in [0.4, 0.5) is 5.69 Å². The molecule has 1 aromatic carbocycles. The van der Waals surface area contributed by atoms with Gasteiger partial charge in [0, 0.05) is 10.7 Å². The number of rotatable bonds is 2. The minimum Gasteiger partial charge on any atom is -0.319 e. The van der Waals surface area contributed by atoms with Crippen LogP contribution in [0.25, 0.3) is 0 Å². The van der Waals surface area contributed by atoms with Crippen LogP contribution in [-0.4, -0.2) is 10.9 Å². The molecule has 5 heteroatoms. The average molecular weight is 281 g/mol. The van der Waals surface area contributed by atoms with E-state index in [2.05, 4.69) is 10.3 Å². The lowest BCUT2D eigenvalue weighted by molar-refractivity contribution is 0.102. The molecule has 1 N–H and O–H groups in total. The highest BCUT2D eigenvalue weighted by Crippen LogP contribution is 2.25. The average Bonchev–Trinajstić information content (AvgIpc) is 2.32. The summed E-state index contributed by atoms with van der Waals surface area (Å²) in [6.07, 6.45) is 0. The predicted octanol–water partition coefficient (Wildman–Crippen LogP) is 3.95. The van der Waals surface area contributed by atoms with Crippen LogP contribution in [0.5, 0.6) is 0 Å². The number of halogens is 2. The largest absolute Gasteiger partial charge is 0.319 e. The molecule has 0 atom stereocenters. The quantitative estimate of drug-likeness (QED) is 0.905. The van der Waals surface area contributed by atoms with E-state index in [1.165, 1.54) is 0 Å². The van der Waals surface area contributed by atoms with Gasteiger partial charge in [0.15, 0.2) is 0 Å². The molecule has 18 heavy (non-hydrogen) atoms. The fourth-order valence-electron chi connectivity index (χ4n) is 1.45. The van der Waals surface area contributed by atoms with Gasteiger partial charge in [-0.25, -0.2) is 4.98 Å². The van der Waals surface area contributed by atoms with Crippen LogP contribution in [0.1, 0.15) is 16.2 Å². The molecule has 0 bridgehead atoms. The van der Waals surface area contributed by atoms with E-state index in [1.54, 1.807) is 30.3 Å². The lowest BCUT2D eigenvalue weighted by Crippen LogP contribution is -2.14. The Hall–Kier alpha value is -1.58. The van der Waals surface area contributed by atoms with E-state index in [0.29, 0.717) is 21.4 Å². The fraction of sp³-hybridized carbons (Fsp3) is 0.0769. The zero-order valence-corrected chi connectivity index (χ0v) is 11.1. The molecule has 0 saturated carbocycles. The molecule has 0 unspecified atom stereocenters. The first-order valence-corrected chi connectivity index (χ1v) is 6.02. The number of carbonyl (C=O) groups is 1. The highest BCUT2D eigenvalue weighted by molar-refractivity contribution is 6.36. The number of benzene rings is 1. The maximum absolute atomic E-state index is 11.9. The lowest BCUT2D eigenvalue weighted by atomic mass is 10.2. The Kier molecular flexibility index (Phi) is 3.84. The first-order valence-electron chi connectivity index (χ1n) is 5.26. The molecular formula is C13H10Cl2N2O. The standard InChI is InChI=1S/C13H10Cl2N2O/c1-8-3-2-4-12(16-8)13(18)17-11-6-5-9(14)7-10(11)15/h2-7H,1H3,(H,17,18). The van der Waals surface area contributed by atoms with Crippen LogP contribution >= 0.6 is 23.2 Å². The maximum atomic E-state index is 11.9. The van der Waals surface area contributed by atoms with Crippen LogP contribution in [0, 0.1) is 6.92 Å². The summed E-state index contributed by atoms with van der Waals surface area (Å²) in [6, 6.07) is 10.1. The fourth-order valence-corrected chi connectivity index (χ4v) is 1.90. The van der Waals surface area contributed by atoms with Gasteiger partial charge in [0.2, 0.25) is 0 Å². The summed E-state index contributed by atoms with van der Waals surface area (Å²) in [7, 11) is 0. The number of nitrogens with one attached hydrogen (secondary N) is 1. The zero-order chi connectivity index (χ0) is 13.1. The van der Waals surface area contributed by atoms with Crippen molar-refractivity contribution >= 4 is 34.8 Å². The van der Waals surface area contributed by atoms with Crippen molar-refractivity contribution < 1.29 is 4.79 Å². The Balaban J connectivity index is 2.21. The summed E-state index contributed by atoms with van der Waals surface area (Å²) in [5.74, 6) is -0.303. The van der Waals surface area contributed by atoms with E-state index < -0.39 is 0 Å². The molecule has 1 amide bonds. The minimum absolute atomic E-state index is 0.303. The van der Waals surface area contributed by atoms with Crippen molar-refractivity contribution in [3.05, 3.63) is 57.8 Å². The third kappa shape index (κ3) is 3.00. The highest BCUT2D eigenvalue weighted by Gasteiger charge is 2.09. The van der Waals surface area contributed by atoms with E-state index >= 15 is 0 Å². The molecule has 0 fully saturated rings. The molecule has 0 spiro atoms. The van der Waals surface area contributed by atoms with Crippen LogP contribution in [0.3, 0.4) is 0 Å². The Morgan fingerprint density at radius 1 is 1.22 bits per heavy atom. The van der Waals surface area contributed by atoms with Gasteiger partial charge in [0.1, 0.15) is 5.69 Å². The molecule has 92 valence electrons. The van der Waals surface area contributed by atoms with Gasteiger partial charge >= 0.3 is 0 Å². The van der Waals surface area contributed by atoms with E-state index in [4.69, 9.17) is 23.2 Å². The highest BCUT2D eigenvalue weighted by atomic mass is 35.5. The number of amides is 1. The molecule has 0 saturated heterocycles. The Bertz CT molecular complexity index is 599. The molecule has 0 aliphatic carbocycles. The summed E-state index contributed by atoms with van der Waals surface area (Å²) in [4.78, 5) is 16.1. The van der Waals surface area contributed by atoms with E-state index in [-0.39, 0.29) is 5.91 Å². The minimum atomic E-state index is -0.303. The third-order valence-corrected chi connectivity index (χ3v) is 2.85. The second kappa shape index (κ2) is 5.38. The van der Waals surface area contributed by atoms with Crippen LogP contribution in [-0.2, 0) is 0 Å². The van der Waals surface area contributed by atoms with Gasteiger partial charge in [-0.3, -0.25) is 4.79 Å². The monoisotopic (exact) mass is 280 g/mol. The van der Waals surface area contributed by atoms with Gasteiger partial charge in [-0.1, -0.05) is 29.3 Å². The Morgan fingerprint density at radius 3 is 2.67 bits per heavy atom. The van der Waals surface area contributed by atoms with E-state index in [9.17, 15) is 4.79 Å². The van der Waals surface area contributed by atoms with Gasteiger partial charge in [0.25, 0.3) is 5.91 Å². The smallest absolute Gasteiger partial charge is 0.274 e. The van der Waals surface area contributed by atoms with Gasteiger partial charge in [-0.2, -0.15) is 0 Å². The van der Waals surface area contributed by atoms with Crippen molar-refractivity contribution in [2.75, 3.05) is 5.32 Å². The van der Waals surface area contributed by atoms with Crippen molar-refractivity contribution in [3.63, 3.8) is 0 Å². The van der Waals surface area contributed by atoms with E-state index in [1.807, 2.05) is 13.0 Å². The van der Waals surface area contributed by atoms with Crippen molar-refractivity contribution in [2.24, 2.45) is 0 Å². The zero-order valence-electron chi connectivity index (χ0n) is 9.58. The molecule has 3 nitrogen and oxygen atoms in total. The van der Waals surface area contributed by atoms with Gasteiger partial charge < -0.3 is 5.32 Å². The number of aryl methyl sites for hydroxylation is 1. The number of anilines is 1. The second-order valence-electron chi connectivity index (χ2n) is 3.74. The van der Waals surface area contributed by atoms with Gasteiger partial charge in [-0.15, -0.1) is 0 Å². The number of hydrogen-bond donors (Lipinski definition) is 1. The lowest BCUT2D eigenvalue weighted by Gasteiger charge is -2.07. The number of carbonyl (C=O) groups excluding carboxylic acids is 1. The first-order chi connectivity index (χ1) is 8.56. The normalized spacial score (nSPS) is 10.2. The predicted molar refractivity (Wildman–Crippen MR) is 73.4 cm³/mol. The van der Waals surface area contributed by atoms with Crippen molar-refractivity contribution in [3.8, 4) is 0 Å². The molecule has 0 radical (unpaired) electrons. The Labute approximate surface area is 115 Å². The molecule has 1 aromatic heterocycles. The summed E-state index contributed by atoms with van der Waals surface area (Å²) >= 11 is 11.8. The molecule has 2 aromatic rings. The molecule has 2 rings (SSSR count). The number of aromatic nitrogens is 1. The van der Waals surface area contributed by atoms with Gasteiger partial charge in [0.05, 0.1) is 10.7 Å². The second-order valence-corrected chi connectivity index (χ2v) is 4.59. The van der Waals surface area contributed by atoms with Crippen LogP contribution in [0.2, 0.25) is 10.0 Å². The van der Waals surface area contributed by atoms with Crippen molar-refractivity contribution in [1.29, 1.82) is 0 Å². The maximum Gasteiger partial charge on any atom is 0.274 e. The number of hydrogen-bond acceptors (Lipinski definition) is 2. The number of pyridine rings is 1. The molecule has 0 aliphatic heterocycles. The molecule has 0 aliphatic rings. The summed E-state index contributed by atoms with van der Waals surface area (Å²) in [5.41, 5.74) is 1.64. The van der Waals surface area contributed by atoms with Gasteiger partial charge in [-0.05, 0) is 37.3 Å². The Morgan fingerprint density at radius 2 is 2.00 bits per heavy atom. The van der Waals surface area contributed by atoms with Crippen molar-refractivity contribution in [1.82, 2.24) is 4.98 Å². The van der Waals surface area contributed by atoms with Crippen LogP contribution < -0.4 is 5.32 Å². The molecular weight excluding hydrogens is 271 g/mol. The van der Waals surface area contributed by atoms with Crippen LogP contribution in [0.15, 0.2) is 36.4 Å². The number of nitrogens with zero attached hydrogens (tertiary/aromatic N) is 1. The van der Waals surface area contributed by atoms with Crippen molar-refractivity contribution in [2.45, 2.75) is 6.92 Å². The molecule has 1 heterocycles. The summed E-state index contributed by atoms with van der Waals surface area (Å²) in [6.45, 7) is 1.83. The summed E-state index contributed by atoms with van der Waals surface area (Å²) in [5, 5.41) is 3.60. The third-order valence-electron chi connectivity index (χ3n) is 2.30. The van der Waals surface area contributed by atoms with E-state index in [0.717, 1.165) is 5.69 Å². The topological polar surface area (TPSA) is 42.0 Å². The SMILES string of the molecule is Cc1cccc(C(=O)Nc2ccc(Cl)cc2Cl)n1. The first kappa shape index (κ1) is 12.9. The summed E-state index contributed by atoms with van der Waals surface area (Å²) < 4.78 is 0.